The van der Waals surface area contributed by atoms with Gasteiger partial charge < -0.3 is 73.7 Å². The fraction of sp³-hybridized carbons (Fsp3) is 0.426. The van der Waals surface area contributed by atoms with Crippen molar-refractivity contribution in [2.45, 2.75) is 120 Å². The van der Waals surface area contributed by atoms with Gasteiger partial charge in [0.05, 0.1) is 19.6 Å². The van der Waals surface area contributed by atoms with E-state index < -0.39 is 102 Å². The number of amides is 8. The number of rotatable bonds is 21. The number of hydrogen-bond acceptors (Lipinski definition) is 12. The van der Waals surface area contributed by atoms with E-state index in [0.717, 1.165) is 22.8 Å². The Labute approximate surface area is 456 Å². The van der Waals surface area contributed by atoms with E-state index in [1.165, 1.54) is 6.92 Å². The van der Waals surface area contributed by atoms with E-state index in [9.17, 15) is 48.3 Å². The molecule has 0 unspecified atom stereocenters. The first-order valence-corrected chi connectivity index (χ1v) is 26.1. The van der Waals surface area contributed by atoms with E-state index in [2.05, 4.69) is 58.2 Å². The Hall–Kier alpha value is -8.87. The normalized spacial score (nSPS) is 20.6. The minimum atomic E-state index is -1.60. The van der Waals surface area contributed by atoms with Crippen LogP contribution in [-0.2, 0) is 67.3 Å². The first-order chi connectivity index (χ1) is 38.0. The summed E-state index contributed by atoms with van der Waals surface area (Å²) >= 11 is 0. The molecular weight excluding hydrogens is 1020 g/mol. The molecule has 1 aliphatic rings. The number of carbonyl (C=O) groups is 9. The summed E-state index contributed by atoms with van der Waals surface area (Å²) in [4.78, 5) is 128. The van der Waals surface area contributed by atoms with Crippen LogP contribution in [0, 0.1) is 10.8 Å². The predicted octanol–water partition coefficient (Wildman–Crippen LogP) is -0.402. The number of aromatic nitrogens is 1. The molecule has 25 nitrogen and oxygen atoms in total. The molecule has 0 aliphatic carbocycles. The van der Waals surface area contributed by atoms with Crippen LogP contribution < -0.4 is 58.9 Å². The van der Waals surface area contributed by atoms with Crippen molar-refractivity contribution in [3.05, 3.63) is 108 Å². The molecule has 25 heteroatoms. The summed E-state index contributed by atoms with van der Waals surface area (Å²) in [6, 6.07) is 14.9. The lowest BCUT2D eigenvalue weighted by molar-refractivity contribution is -0.142. The molecule has 5 rings (SSSR count). The molecule has 1 fully saturated rings. The van der Waals surface area contributed by atoms with Crippen LogP contribution in [0.15, 0.2) is 91.1 Å². The van der Waals surface area contributed by atoms with Crippen LogP contribution in [-0.4, -0.2) is 144 Å². The maximum absolute atomic E-state index is 14.7. The average Bonchev–Trinajstić information content (AvgIpc) is 3.84. The lowest BCUT2D eigenvalue weighted by Crippen LogP contribution is -2.61. The van der Waals surface area contributed by atoms with Crippen LogP contribution in [0.25, 0.3) is 10.9 Å². The van der Waals surface area contributed by atoms with E-state index in [1.54, 1.807) is 66.9 Å². The number of carbonyl (C=O) groups excluding carboxylic acids is 8. The summed E-state index contributed by atoms with van der Waals surface area (Å²) in [7, 11) is 0. The van der Waals surface area contributed by atoms with Crippen molar-refractivity contribution >= 4 is 76.4 Å². The number of nitrogens with two attached hydrogens (primary N) is 1. The summed E-state index contributed by atoms with van der Waals surface area (Å²) in [6.45, 7) is 1.09. The average molecular weight is 1090 g/mol. The Morgan fingerprint density at radius 1 is 0.759 bits per heavy atom. The molecule has 0 saturated carbocycles. The number of fused-ring (bicyclic) bond motifs is 1. The second-order valence-electron chi connectivity index (χ2n) is 19.0. The van der Waals surface area contributed by atoms with Crippen LogP contribution in [0.3, 0.4) is 0 Å². The summed E-state index contributed by atoms with van der Waals surface area (Å²) in [5.74, 6) is -8.00. The second-order valence-corrected chi connectivity index (χ2v) is 19.0. The standard InChI is InChI=1S/C54H72N14O11/c1-33(69)62-39(20-12-26-60-54(56)57)47(71)63-41-21-11-25-59-46(70)23-22-42(53(77)78)65-51(75)44(28-36-29-61-38-18-9-8-17-37(36)38)67-48(72)40(19-10-24-58-32-55)64-50(74)43(27-34-13-4-2-5-14-34)66-52(76)45(68-49(41)73)31-79-30-35-15-6-3-7-16-35/h2-9,13-18,29,32,39-45,61H,10-12,19-28,30-31H2,1H3,(H2,55,58)(H,59,70)(H,62,69)(H,63,71)(H,64,74)(H,65,75)(H,66,76)(H,67,72)(H,68,73)(H,77,78)(H4,56,57,60)/t39-,40-,41-,42-,43+,44-,45-/m0/s1. The number of aliphatic carboxylic acids is 1. The van der Waals surface area contributed by atoms with E-state index in [-0.39, 0.29) is 96.4 Å². The maximum Gasteiger partial charge on any atom is 0.326 e. The van der Waals surface area contributed by atoms with E-state index >= 15 is 0 Å². The van der Waals surface area contributed by atoms with Crippen molar-refractivity contribution in [2.75, 3.05) is 26.2 Å². The molecule has 424 valence electrons. The van der Waals surface area contributed by atoms with Gasteiger partial charge in [-0.3, -0.25) is 49.2 Å². The van der Waals surface area contributed by atoms with E-state index in [4.69, 9.17) is 21.3 Å². The number of carboxylic acids is 1. The zero-order valence-corrected chi connectivity index (χ0v) is 44.0. The third-order valence-electron chi connectivity index (χ3n) is 12.8. The van der Waals surface area contributed by atoms with Gasteiger partial charge in [-0.1, -0.05) is 78.9 Å². The van der Waals surface area contributed by atoms with Gasteiger partial charge in [-0.25, -0.2) is 4.79 Å². The van der Waals surface area contributed by atoms with Crippen LogP contribution in [0.4, 0.5) is 0 Å². The van der Waals surface area contributed by atoms with Gasteiger partial charge in [0.25, 0.3) is 0 Å². The quantitative estimate of drug-likeness (QED) is 0.0287. The molecule has 8 amide bonds. The summed E-state index contributed by atoms with van der Waals surface area (Å²) in [5, 5.41) is 52.6. The van der Waals surface area contributed by atoms with Gasteiger partial charge in [-0.2, -0.15) is 0 Å². The monoisotopic (exact) mass is 1090 g/mol. The third-order valence-corrected chi connectivity index (χ3v) is 12.8. The van der Waals surface area contributed by atoms with Crippen molar-refractivity contribution < 1.29 is 53.0 Å². The highest BCUT2D eigenvalue weighted by Gasteiger charge is 2.35. The molecule has 0 spiro atoms. The molecule has 0 radical (unpaired) electrons. The van der Waals surface area contributed by atoms with Crippen molar-refractivity contribution in [3.8, 4) is 0 Å². The van der Waals surface area contributed by atoms with Crippen molar-refractivity contribution in [1.82, 2.24) is 58.2 Å². The Balaban J connectivity index is 1.54. The number of ether oxygens (including phenoxy) is 1. The molecule has 7 atom stereocenters. The number of aromatic amines is 1. The first kappa shape index (κ1) is 61.0. The largest absolute Gasteiger partial charge is 0.480 e. The van der Waals surface area contributed by atoms with Crippen LogP contribution in [0.2, 0.25) is 0 Å². The minimum absolute atomic E-state index is 0.00132. The number of para-hydroxylation sites is 1. The second kappa shape index (κ2) is 32.0. The predicted molar refractivity (Wildman–Crippen MR) is 292 cm³/mol. The molecule has 2 heterocycles. The van der Waals surface area contributed by atoms with E-state index in [1.807, 2.05) is 24.3 Å². The van der Waals surface area contributed by atoms with Gasteiger partial charge in [0.1, 0.15) is 42.3 Å². The number of H-pyrrole nitrogens is 1. The fourth-order valence-electron chi connectivity index (χ4n) is 8.69. The van der Waals surface area contributed by atoms with Crippen molar-refractivity contribution in [2.24, 2.45) is 5.73 Å². The van der Waals surface area contributed by atoms with Gasteiger partial charge in [-0.05, 0) is 67.7 Å². The molecule has 4 aromatic rings. The molecule has 79 heavy (non-hydrogen) atoms. The highest BCUT2D eigenvalue weighted by Crippen LogP contribution is 2.20. The molecule has 1 saturated heterocycles. The topological polar surface area (TPSA) is 393 Å². The van der Waals surface area contributed by atoms with Crippen molar-refractivity contribution in [3.63, 3.8) is 0 Å². The summed E-state index contributed by atoms with van der Waals surface area (Å²) in [5.41, 5.74) is 8.07. The summed E-state index contributed by atoms with van der Waals surface area (Å²) < 4.78 is 6.00. The summed E-state index contributed by atoms with van der Waals surface area (Å²) in [6.07, 6.45) is 2.03. The van der Waals surface area contributed by atoms with Crippen LogP contribution in [0.5, 0.6) is 0 Å². The Morgan fingerprint density at radius 3 is 2.06 bits per heavy atom. The smallest absolute Gasteiger partial charge is 0.326 e. The van der Waals surface area contributed by atoms with Gasteiger partial charge in [0.15, 0.2) is 5.96 Å². The van der Waals surface area contributed by atoms with Crippen molar-refractivity contribution in [1.29, 1.82) is 10.8 Å². The SMILES string of the molecule is CC(=O)N[C@@H](CCCNC(=N)N)C(=O)N[C@H]1CCCNC(=O)CC[C@@H](C(=O)O)NC(=O)[C@H](Cc2c[nH]c3ccccc23)NC(=O)[C@H](CCCNC=N)NC(=O)[C@@H](Cc2ccccc2)NC(=O)[C@H](COCc2ccccc2)NC1=O. The zero-order chi connectivity index (χ0) is 57.1. The molecule has 0 bridgehead atoms. The molecule has 1 aliphatic heterocycles. The Bertz CT molecular complexity index is 2730. The zero-order valence-electron chi connectivity index (χ0n) is 44.0. The van der Waals surface area contributed by atoms with Gasteiger partial charge in [0.2, 0.25) is 47.3 Å². The highest BCUT2D eigenvalue weighted by molar-refractivity contribution is 5.98. The lowest BCUT2D eigenvalue weighted by Gasteiger charge is -2.28. The molecule has 1 aromatic heterocycles. The number of hydrogen-bond donors (Lipinski definition) is 15. The molecule has 3 aromatic carbocycles. The Kier molecular flexibility index (Phi) is 24.7. The van der Waals surface area contributed by atoms with Gasteiger partial charge >= 0.3 is 5.97 Å². The Morgan fingerprint density at radius 2 is 1.38 bits per heavy atom. The fourth-order valence-corrected chi connectivity index (χ4v) is 8.69. The number of guanidine groups is 1. The lowest BCUT2D eigenvalue weighted by atomic mass is 10.0. The number of carboxylic acid groups (broad SMARTS) is 1. The van der Waals surface area contributed by atoms with Gasteiger partial charge in [-0.15, -0.1) is 0 Å². The third kappa shape index (κ3) is 20.9. The number of benzene rings is 3. The molecule has 16 N–H and O–H groups in total. The minimum Gasteiger partial charge on any atom is -0.480 e. The number of nitrogens with one attached hydrogen (secondary N) is 13. The van der Waals surface area contributed by atoms with Gasteiger partial charge in [0, 0.05) is 62.9 Å². The van der Waals surface area contributed by atoms with Crippen LogP contribution in [0.1, 0.15) is 75.0 Å². The molecular formula is C54H72N14O11. The van der Waals surface area contributed by atoms with E-state index in [0.29, 0.717) is 11.1 Å². The maximum atomic E-state index is 14.7. The first-order valence-electron chi connectivity index (χ1n) is 26.1. The van der Waals surface area contributed by atoms with Crippen LogP contribution >= 0.6 is 0 Å². The highest BCUT2D eigenvalue weighted by atomic mass is 16.5.